The average Bonchev–Trinajstić information content (AvgIpc) is 3.43. The molecule has 1 aromatic carbocycles. The summed E-state index contributed by atoms with van der Waals surface area (Å²) in [6, 6.07) is 4.87. The van der Waals surface area contributed by atoms with Crippen LogP contribution in [0.3, 0.4) is 0 Å². The first-order valence-electron chi connectivity index (χ1n) is 10.1. The van der Waals surface area contributed by atoms with Crippen molar-refractivity contribution in [2.75, 3.05) is 19.9 Å². The van der Waals surface area contributed by atoms with E-state index in [0.717, 1.165) is 12.0 Å². The van der Waals surface area contributed by atoms with Crippen molar-refractivity contribution in [1.82, 2.24) is 24.5 Å². The van der Waals surface area contributed by atoms with Crippen molar-refractivity contribution in [3.05, 3.63) is 47.0 Å². The molecule has 0 bridgehead atoms. The number of ether oxygens (including phenoxy) is 2. The minimum atomic E-state index is -2.71. The Kier molecular flexibility index (Phi) is 4.71. The molecule has 0 aliphatic carbocycles. The third kappa shape index (κ3) is 3.26. The number of nitrogens with zero attached hydrogens (tertiary/aromatic N) is 5. The summed E-state index contributed by atoms with van der Waals surface area (Å²) in [5, 5.41) is 4.17. The van der Waals surface area contributed by atoms with Gasteiger partial charge in [0.1, 0.15) is 12.0 Å². The highest BCUT2D eigenvalue weighted by Crippen LogP contribution is 2.39. The molecule has 0 spiro atoms. The Balaban J connectivity index is 1.48. The van der Waals surface area contributed by atoms with Crippen LogP contribution in [-0.4, -0.2) is 50.3 Å². The number of halogens is 2. The summed E-state index contributed by atoms with van der Waals surface area (Å²) in [6.07, 6.45) is -0.677. The lowest BCUT2D eigenvalue weighted by Gasteiger charge is -2.37. The smallest absolute Gasteiger partial charge is 0.280 e. The molecule has 1 unspecified atom stereocenters. The predicted molar refractivity (Wildman–Crippen MR) is 105 cm³/mol. The molecule has 0 saturated carbocycles. The van der Waals surface area contributed by atoms with Crippen molar-refractivity contribution in [2.24, 2.45) is 5.92 Å². The lowest BCUT2D eigenvalue weighted by Crippen LogP contribution is -2.43. The quantitative estimate of drug-likeness (QED) is 0.635. The Bertz CT molecular complexity index is 1170. The van der Waals surface area contributed by atoms with Crippen LogP contribution in [0.4, 0.5) is 8.78 Å². The monoisotopic (exact) mass is 429 g/mol. The average molecular weight is 429 g/mol. The van der Waals surface area contributed by atoms with Gasteiger partial charge < -0.3 is 14.4 Å². The van der Waals surface area contributed by atoms with Gasteiger partial charge in [0.05, 0.1) is 5.69 Å². The van der Waals surface area contributed by atoms with Crippen molar-refractivity contribution >= 4 is 11.7 Å². The van der Waals surface area contributed by atoms with Crippen molar-refractivity contribution in [2.45, 2.75) is 32.6 Å². The highest BCUT2D eigenvalue weighted by molar-refractivity contribution is 5.96. The van der Waals surface area contributed by atoms with Gasteiger partial charge in [-0.25, -0.2) is 18.3 Å². The largest absolute Gasteiger partial charge is 0.454 e. The number of alkyl halides is 2. The molecule has 2 aliphatic rings. The summed E-state index contributed by atoms with van der Waals surface area (Å²) in [6.45, 7) is 5.00. The van der Waals surface area contributed by atoms with Crippen LogP contribution >= 0.6 is 0 Å². The van der Waals surface area contributed by atoms with Gasteiger partial charge >= 0.3 is 0 Å². The molecule has 1 amide bonds. The van der Waals surface area contributed by atoms with E-state index in [-0.39, 0.29) is 36.0 Å². The molecule has 31 heavy (non-hydrogen) atoms. The van der Waals surface area contributed by atoms with Crippen LogP contribution in [0, 0.1) is 12.8 Å². The van der Waals surface area contributed by atoms with E-state index in [1.807, 2.05) is 6.92 Å². The molecular formula is C21H21F2N5O3. The van der Waals surface area contributed by atoms with Crippen molar-refractivity contribution in [3.63, 3.8) is 0 Å². The maximum Gasteiger partial charge on any atom is 0.280 e. The van der Waals surface area contributed by atoms with Gasteiger partial charge in [-0.1, -0.05) is 6.92 Å². The van der Waals surface area contributed by atoms with E-state index < -0.39 is 6.43 Å². The molecule has 4 heterocycles. The van der Waals surface area contributed by atoms with Gasteiger partial charge in [-0.05, 0) is 37.5 Å². The summed E-state index contributed by atoms with van der Waals surface area (Å²) < 4.78 is 39.2. The molecule has 2 aromatic heterocycles. The summed E-state index contributed by atoms with van der Waals surface area (Å²) in [5.41, 5.74) is 1.53. The van der Waals surface area contributed by atoms with Crippen molar-refractivity contribution in [1.29, 1.82) is 0 Å². The van der Waals surface area contributed by atoms with Crippen LogP contribution in [0.2, 0.25) is 0 Å². The number of hydrogen-bond acceptors (Lipinski definition) is 6. The number of carbonyl (C=O) groups is 1. The minimum Gasteiger partial charge on any atom is -0.454 e. The number of hydrogen-bond donors (Lipinski definition) is 0. The molecule has 1 fully saturated rings. The number of piperidine rings is 1. The molecule has 8 nitrogen and oxygen atoms in total. The first kappa shape index (κ1) is 19.7. The number of carbonyl (C=O) groups excluding carboxylic acids is 1. The van der Waals surface area contributed by atoms with Crippen LogP contribution < -0.4 is 9.47 Å². The number of rotatable bonds is 3. The zero-order chi connectivity index (χ0) is 21.7. The fourth-order valence-corrected chi connectivity index (χ4v) is 4.38. The van der Waals surface area contributed by atoms with Crippen LogP contribution in [-0.2, 0) is 0 Å². The SMILES string of the molecule is Cc1c(C(=O)N2CCC(C)[C@H](c3cc(C(F)F)nc4ncnn34)C2)ccc2c1OCO2. The Morgan fingerprint density at radius 3 is 2.94 bits per heavy atom. The van der Waals surface area contributed by atoms with E-state index in [9.17, 15) is 13.6 Å². The molecule has 3 aromatic rings. The highest BCUT2D eigenvalue weighted by Gasteiger charge is 2.34. The van der Waals surface area contributed by atoms with E-state index in [0.29, 0.717) is 35.8 Å². The standard InChI is InChI=1S/C21H21F2N5O3/c1-11-5-6-27(20(29)13-3-4-17-18(12(13)2)31-10-30-17)8-14(11)16-7-15(19(22)23)26-21-24-9-25-28(16)21/h3-4,7,9,11,14,19H,5-6,8,10H2,1-2H3/t11?,14-/m1/s1. The third-order valence-corrected chi connectivity index (χ3v) is 6.17. The molecule has 0 radical (unpaired) electrons. The van der Waals surface area contributed by atoms with Crippen LogP contribution in [0.25, 0.3) is 5.78 Å². The van der Waals surface area contributed by atoms with Gasteiger partial charge in [0.2, 0.25) is 6.79 Å². The van der Waals surface area contributed by atoms with Gasteiger partial charge in [0.15, 0.2) is 11.5 Å². The topological polar surface area (TPSA) is 81.9 Å². The molecule has 2 atom stereocenters. The summed E-state index contributed by atoms with van der Waals surface area (Å²) in [7, 11) is 0. The van der Waals surface area contributed by atoms with Gasteiger partial charge in [-0.15, -0.1) is 0 Å². The molecule has 5 rings (SSSR count). The molecule has 10 heteroatoms. The van der Waals surface area contributed by atoms with Crippen LogP contribution in [0.1, 0.15) is 53.0 Å². The Hall–Kier alpha value is -3.30. The number of benzene rings is 1. The Morgan fingerprint density at radius 2 is 2.13 bits per heavy atom. The fourth-order valence-electron chi connectivity index (χ4n) is 4.38. The molecule has 0 N–H and O–H groups in total. The summed E-state index contributed by atoms with van der Waals surface area (Å²) in [4.78, 5) is 23.0. The minimum absolute atomic E-state index is 0.120. The second-order valence-corrected chi connectivity index (χ2v) is 7.97. The predicted octanol–water partition coefficient (Wildman–Crippen LogP) is 3.36. The first-order valence-corrected chi connectivity index (χ1v) is 10.1. The van der Waals surface area contributed by atoms with Crippen LogP contribution in [0.15, 0.2) is 24.5 Å². The lowest BCUT2D eigenvalue weighted by molar-refractivity contribution is 0.0664. The number of amides is 1. The summed E-state index contributed by atoms with van der Waals surface area (Å²) in [5.74, 6) is 1.22. The molecule has 2 aliphatic heterocycles. The second kappa shape index (κ2) is 7.44. The maximum absolute atomic E-state index is 13.4. The second-order valence-electron chi connectivity index (χ2n) is 7.97. The van der Waals surface area contributed by atoms with Gasteiger partial charge in [-0.3, -0.25) is 4.79 Å². The van der Waals surface area contributed by atoms with E-state index >= 15 is 0 Å². The highest BCUT2D eigenvalue weighted by atomic mass is 19.3. The number of aromatic nitrogens is 4. The Labute approximate surface area is 176 Å². The van der Waals surface area contributed by atoms with E-state index in [1.165, 1.54) is 16.9 Å². The van der Waals surface area contributed by atoms with E-state index in [1.54, 1.807) is 17.0 Å². The zero-order valence-electron chi connectivity index (χ0n) is 17.1. The molecular weight excluding hydrogens is 408 g/mol. The number of likely N-dealkylation sites (tertiary alicyclic amines) is 1. The van der Waals surface area contributed by atoms with Gasteiger partial charge in [0, 0.05) is 30.1 Å². The van der Waals surface area contributed by atoms with Crippen molar-refractivity contribution < 1.29 is 23.0 Å². The van der Waals surface area contributed by atoms with Gasteiger partial charge in [0.25, 0.3) is 18.1 Å². The number of fused-ring (bicyclic) bond motifs is 2. The zero-order valence-corrected chi connectivity index (χ0v) is 17.1. The van der Waals surface area contributed by atoms with Crippen molar-refractivity contribution in [3.8, 4) is 11.5 Å². The van der Waals surface area contributed by atoms with E-state index in [4.69, 9.17) is 9.47 Å². The fraction of sp³-hybridized carbons (Fsp3) is 0.429. The normalized spacial score (nSPS) is 20.6. The molecule has 1 saturated heterocycles. The molecule has 162 valence electrons. The first-order chi connectivity index (χ1) is 14.9. The van der Waals surface area contributed by atoms with E-state index in [2.05, 4.69) is 22.0 Å². The Morgan fingerprint density at radius 1 is 1.29 bits per heavy atom. The van der Waals surface area contributed by atoms with Crippen LogP contribution in [0.5, 0.6) is 11.5 Å². The third-order valence-electron chi connectivity index (χ3n) is 6.17. The summed E-state index contributed by atoms with van der Waals surface area (Å²) >= 11 is 0. The van der Waals surface area contributed by atoms with Gasteiger partial charge in [-0.2, -0.15) is 10.1 Å². The maximum atomic E-state index is 13.4. The lowest BCUT2D eigenvalue weighted by atomic mass is 9.84.